The van der Waals surface area contributed by atoms with Crippen LogP contribution in [-0.2, 0) is 11.3 Å². The van der Waals surface area contributed by atoms with Crippen molar-refractivity contribution in [2.24, 2.45) is 0 Å². The smallest absolute Gasteiger partial charge is 0.262 e. The van der Waals surface area contributed by atoms with E-state index in [1.165, 1.54) is 23.1 Å². The molecule has 1 aromatic carbocycles. The second-order valence-electron chi connectivity index (χ2n) is 5.34. The summed E-state index contributed by atoms with van der Waals surface area (Å²) >= 11 is 2.57. The number of para-hydroxylation sites is 1. The molecule has 2 heterocycles. The van der Waals surface area contributed by atoms with Gasteiger partial charge in [-0.2, -0.15) is 0 Å². The Bertz CT molecular complexity index is 982. The summed E-state index contributed by atoms with van der Waals surface area (Å²) in [4.78, 5) is 29.5. The number of amides is 1. The predicted molar refractivity (Wildman–Crippen MR) is 100 cm³/mol. The van der Waals surface area contributed by atoms with Gasteiger partial charge >= 0.3 is 0 Å². The number of fused-ring (bicyclic) bond motifs is 1. The minimum Gasteiger partial charge on any atom is -0.300 e. The Balaban J connectivity index is 1.86. The highest BCUT2D eigenvalue weighted by Gasteiger charge is 2.20. The first-order valence-corrected chi connectivity index (χ1v) is 9.46. The van der Waals surface area contributed by atoms with E-state index in [1.807, 2.05) is 26.0 Å². The summed E-state index contributed by atoms with van der Waals surface area (Å²) in [6.07, 6.45) is 0. The Morgan fingerprint density at radius 1 is 1.36 bits per heavy atom. The standard InChI is InChI=1S/C16H17N5O2S2/c1-4-21-14(23)11-7-5-6-8-12(11)17-16(21)24-9(2)13(22)18-15-20-19-10(3)25-15/h5-9H,4H2,1-3H3,(H,18,20,22). The molecule has 1 N–H and O–H groups in total. The summed E-state index contributed by atoms with van der Waals surface area (Å²) in [6, 6.07) is 7.22. The summed E-state index contributed by atoms with van der Waals surface area (Å²) in [5.74, 6) is -0.203. The van der Waals surface area contributed by atoms with Crippen LogP contribution in [0.25, 0.3) is 10.9 Å². The second-order valence-corrected chi connectivity index (χ2v) is 7.83. The van der Waals surface area contributed by atoms with Crippen molar-refractivity contribution in [3.05, 3.63) is 39.6 Å². The number of carbonyl (C=O) groups is 1. The highest BCUT2D eigenvalue weighted by Crippen LogP contribution is 2.24. The van der Waals surface area contributed by atoms with Gasteiger partial charge in [0.1, 0.15) is 5.01 Å². The molecule has 0 fully saturated rings. The van der Waals surface area contributed by atoms with Crippen molar-refractivity contribution in [1.29, 1.82) is 0 Å². The van der Waals surface area contributed by atoms with Gasteiger partial charge in [-0.25, -0.2) is 4.98 Å². The van der Waals surface area contributed by atoms with Crippen molar-refractivity contribution in [3.8, 4) is 0 Å². The molecule has 0 spiro atoms. The number of hydrogen-bond donors (Lipinski definition) is 1. The molecular weight excluding hydrogens is 358 g/mol. The summed E-state index contributed by atoms with van der Waals surface area (Å²) in [7, 11) is 0. The normalized spacial score (nSPS) is 12.3. The van der Waals surface area contributed by atoms with Crippen LogP contribution >= 0.6 is 23.1 Å². The van der Waals surface area contributed by atoms with Crippen LogP contribution in [0, 0.1) is 6.92 Å². The predicted octanol–water partition coefficient (Wildman–Crippen LogP) is 2.70. The largest absolute Gasteiger partial charge is 0.300 e. The van der Waals surface area contributed by atoms with E-state index in [0.29, 0.717) is 27.7 Å². The maximum absolute atomic E-state index is 12.6. The van der Waals surface area contributed by atoms with E-state index in [0.717, 1.165) is 5.01 Å². The molecule has 25 heavy (non-hydrogen) atoms. The van der Waals surface area contributed by atoms with Crippen molar-refractivity contribution in [1.82, 2.24) is 19.7 Å². The molecule has 1 amide bonds. The molecule has 0 radical (unpaired) electrons. The van der Waals surface area contributed by atoms with E-state index in [4.69, 9.17) is 0 Å². The Labute approximate surface area is 152 Å². The number of rotatable bonds is 5. The number of aromatic nitrogens is 4. The van der Waals surface area contributed by atoms with Crippen molar-refractivity contribution in [3.63, 3.8) is 0 Å². The van der Waals surface area contributed by atoms with E-state index in [9.17, 15) is 9.59 Å². The van der Waals surface area contributed by atoms with E-state index >= 15 is 0 Å². The first-order valence-electron chi connectivity index (χ1n) is 7.76. The summed E-state index contributed by atoms with van der Waals surface area (Å²) in [5.41, 5.74) is 0.537. The molecule has 0 saturated heterocycles. The van der Waals surface area contributed by atoms with E-state index in [-0.39, 0.29) is 11.5 Å². The van der Waals surface area contributed by atoms with Gasteiger partial charge in [-0.1, -0.05) is 35.2 Å². The summed E-state index contributed by atoms with van der Waals surface area (Å²) in [6.45, 7) is 5.97. The second kappa shape index (κ2) is 7.32. The van der Waals surface area contributed by atoms with Crippen LogP contribution in [0.2, 0.25) is 0 Å². The fourth-order valence-corrected chi connectivity index (χ4v) is 3.85. The molecule has 1 unspecified atom stereocenters. The summed E-state index contributed by atoms with van der Waals surface area (Å²) < 4.78 is 1.59. The number of carbonyl (C=O) groups excluding carboxylic acids is 1. The highest BCUT2D eigenvalue weighted by molar-refractivity contribution is 8.00. The zero-order chi connectivity index (χ0) is 18.0. The molecule has 0 bridgehead atoms. The van der Waals surface area contributed by atoms with Crippen LogP contribution < -0.4 is 10.9 Å². The lowest BCUT2D eigenvalue weighted by molar-refractivity contribution is -0.115. The first-order chi connectivity index (χ1) is 12.0. The molecule has 0 saturated carbocycles. The van der Waals surface area contributed by atoms with Gasteiger partial charge in [-0.3, -0.25) is 19.5 Å². The van der Waals surface area contributed by atoms with Crippen LogP contribution in [0.5, 0.6) is 0 Å². The number of nitrogens with zero attached hydrogens (tertiary/aromatic N) is 4. The van der Waals surface area contributed by atoms with E-state index in [2.05, 4.69) is 20.5 Å². The maximum Gasteiger partial charge on any atom is 0.262 e. The first kappa shape index (κ1) is 17.6. The van der Waals surface area contributed by atoms with Gasteiger partial charge in [0.15, 0.2) is 5.16 Å². The summed E-state index contributed by atoms with van der Waals surface area (Å²) in [5, 5.41) is 12.4. The minimum atomic E-state index is -0.435. The van der Waals surface area contributed by atoms with Crippen molar-refractivity contribution in [2.45, 2.75) is 37.7 Å². The number of aryl methyl sites for hydroxylation is 1. The average Bonchev–Trinajstić information content (AvgIpc) is 3.00. The number of hydrogen-bond acceptors (Lipinski definition) is 7. The fraction of sp³-hybridized carbons (Fsp3) is 0.312. The molecule has 7 nitrogen and oxygen atoms in total. The molecule has 1 atom stereocenters. The van der Waals surface area contributed by atoms with Crippen molar-refractivity contribution in [2.75, 3.05) is 5.32 Å². The zero-order valence-electron chi connectivity index (χ0n) is 14.0. The molecule has 3 rings (SSSR count). The SMILES string of the molecule is CCn1c(SC(C)C(=O)Nc2nnc(C)s2)nc2ccccc2c1=O. The van der Waals surface area contributed by atoms with Crippen LogP contribution in [-0.4, -0.2) is 30.9 Å². The third kappa shape index (κ3) is 3.72. The lowest BCUT2D eigenvalue weighted by atomic mass is 10.2. The monoisotopic (exact) mass is 375 g/mol. The maximum atomic E-state index is 12.6. The van der Waals surface area contributed by atoms with E-state index < -0.39 is 5.25 Å². The number of anilines is 1. The zero-order valence-corrected chi connectivity index (χ0v) is 15.6. The highest BCUT2D eigenvalue weighted by atomic mass is 32.2. The Morgan fingerprint density at radius 3 is 2.80 bits per heavy atom. The molecule has 0 aliphatic carbocycles. The molecule has 9 heteroatoms. The van der Waals surface area contributed by atoms with Gasteiger partial charge in [0.2, 0.25) is 11.0 Å². The van der Waals surface area contributed by atoms with Crippen LogP contribution in [0.15, 0.2) is 34.2 Å². The Hall–Kier alpha value is -2.26. The number of nitrogens with one attached hydrogen (secondary N) is 1. The minimum absolute atomic E-state index is 0.0945. The van der Waals surface area contributed by atoms with Crippen LogP contribution in [0.3, 0.4) is 0 Å². The van der Waals surface area contributed by atoms with Gasteiger partial charge in [0, 0.05) is 6.54 Å². The Morgan fingerprint density at radius 2 is 2.12 bits per heavy atom. The number of thioether (sulfide) groups is 1. The lowest BCUT2D eigenvalue weighted by Crippen LogP contribution is -2.26. The molecule has 0 aliphatic rings. The van der Waals surface area contributed by atoms with Gasteiger partial charge < -0.3 is 0 Å². The van der Waals surface area contributed by atoms with Crippen LogP contribution in [0.4, 0.5) is 5.13 Å². The molecule has 130 valence electrons. The van der Waals surface area contributed by atoms with Gasteiger partial charge in [0.25, 0.3) is 5.56 Å². The fourth-order valence-electron chi connectivity index (χ4n) is 2.28. The molecule has 2 aromatic heterocycles. The van der Waals surface area contributed by atoms with Gasteiger partial charge in [-0.15, -0.1) is 10.2 Å². The third-order valence-electron chi connectivity index (χ3n) is 3.55. The van der Waals surface area contributed by atoms with Crippen molar-refractivity contribution >= 4 is 45.0 Å². The lowest BCUT2D eigenvalue weighted by Gasteiger charge is -2.14. The van der Waals surface area contributed by atoms with Crippen LogP contribution in [0.1, 0.15) is 18.9 Å². The quantitative estimate of drug-likeness (QED) is 0.545. The number of benzene rings is 1. The van der Waals surface area contributed by atoms with E-state index in [1.54, 1.807) is 23.6 Å². The molecular formula is C16H17N5O2S2. The molecule has 3 aromatic rings. The average molecular weight is 375 g/mol. The van der Waals surface area contributed by atoms with Crippen molar-refractivity contribution < 1.29 is 4.79 Å². The van der Waals surface area contributed by atoms with Gasteiger partial charge in [0.05, 0.1) is 16.2 Å². The molecule has 0 aliphatic heterocycles. The van der Waals surface area contributed by atoms with Gasteiger partial charge in [-0.05, 0) is 32.9 Å². The third-order valence-corrected chi connectivity index (χ3v) is 5.39. The Kier molecular flexibility index (Phi) is 5.14. The topological polar surface area (TPSA) is 89.8 Å².